The van der Waals surface area contributed by atoms with Gasteiger partial charge in [0, 0.05) is 24.0 Å². The summed E-state index contributed by atoms with van der Waals surface area (Å²) in [5.41, 5.74) is 3.26. The van der Waals surface area contributed by atoms with E-state index in [2.05, 4.69) is 25.3 Å². The van der Waals surface area contributed by atoms with Crippen molar-refractivity contribution in [1.82, 2.24) is 19.9 Å². The Labute approximate surface area is 130 Å². The molecule has 4 rings (SSSR count). The maximum atomic E-state index is 12.0. The van der Waals surface area contributed by atoms with Gasteiger partial charge in [0.2, 0.25) is 5.89 Å². The molecule has 0 spiro atoms. The lowest BCUT2D eigenvalue weighted by Gasteiger charge is -2.08. The number of aryl methyl sites for hydroxylation is 1. The standard InChI is InChI=1S/C16H13N5O2/c1-9-8-23-16(20-9)12-6-10(7-19-15(12)22)21-13-3-5-18-14-11(13)2-4-17-14/h2-8H,1H3,(H,19,22)(H2,17,18,21). The summed E-state index contributed by atoms with van der Waals surface area (Å²) in [6.07, 6.45) is 6.67. The normalized spacial score (nSPS) is 11.0. The molecule has 0 aromatic carbocycles. The number of nitrogens with zero attached hydrogens (tertiary/aromatic N) is 2. The minimum atomic E-state index is -0.251. The number of anilines is 2. The van der Waals surface area contributed by atoms with Gasteiger partial charge in [-0.15, -0.1) is 0 Å². The fraction of sp³-hybridized carbons (Fsp3) is 0.0625. The first-order valence-electron chi connectivity index (χ1n) is 7.05. The fourth-order valence-electron chi connectivity index (χ4n) is 2.42. The summed E-state index contributed by atoms with van der Waals surface area (Å²) >= 11 is 0. The third-order valence-electron chi connectivity index (χ3n) is 3.49. The number of nitrogens with one attached hydrogen (secondary N) is 3. The van der Waals surface area contributed by atoms with Gasteiger partial charge in [-0.05, 0) is 25.1 Å². The monoisotopic (exact) mass is 307 g/mol. The highest BCUT2D eigenvalue weighted by molar-refractivity contribution is 5.91. The highest BCUT2D eigenvalue weighted by atomic mass is 16.3. The molecule has 0 unspecified atom stereocenters. The molecule has 0 aliphatic heterocycles. The molecule has 4 aromatic rings. The number of aromatic nitrogens is 4. The molecule has 0 saturated carbocycles. The molecular formula is C16H13N5O2. The van der Waals surface area contributed by atoms with E-state index in [1.165, 1.54) is 6.26 Å². The van der Waals surface area contributed by atoms with Crippen LogP contribution < -0.4 is 10.9 Å². The molecule has 0 bridgehead atoms. The van der Waals surface area contributed by atoms with Crippen molar-refractivity contribution < 1.29 is 4.42 Å². The van der Waals surface area contributed by atoms with Crippen molar-refractivity contribution in [2.24, 2.45) is 0 Å². The molecule has 0 atom stereocenters. The first-order chi connectivity index (χ1) is 11.2. The molecule has 0 amide bonds. The van der Waals surface area contributed by atoms with Gasteiger partial charge in [0.25, 0.3) is 5.56 Å². The van der Waals surface area contributed by atoms with Crippen LogP contribution in [0.1, 0.15) is 5.69 Å². The van der Waals surface area contributed by atoms with E-state index in [9.17, 15) is 4.79 Å². The van der Waals surface area contributed by atoms with E-state index in [1.54, 1.807) is 18.5 Å². The van der Waals surface area contributed by atoms with Gasteiger partial charge in [0.1, 0.15) is 17.5 Å². The van der Waals surface area contributed by atoms with Crippen LogP contribution in [0.15, 0.2) is 52.3 Å². The van der Waals surface area contributed by atoms with Gasteiger partial charge in [0.15, 0.2) is 0 Å². The largest absolute Gasteiger partial charge is 0.444 e. The summed E-state index contributed by atoms with van der Waals surface area (Å²) in [5.74, 6) is 0.300. The van der Waals surface area contributed by atoms with Crippen molar-refractivity contribution in [1.29, 1.82) is 0 Å². The van der Waals surface area contributed by atoms with Crippen molar-refractivity contribution in [3.05, 3.63) is 59.1 Å². The van der Waals surface area contributed by atoms with E-state index < -0.39 is 0 Å². The van der Waals surface area contributed by atoms with Gasteiger partial charge in [0.05, 0.1) is 17.1 Å². The number of hydrogen-bond acceptors (Lipinski definition) is 5. The van der Waals surface area contributed by atoms with Crippen LogP contribution in [0, 0.1) is 6.92 Å². The van der Waals surface area contributed by atoms with Crippen LogP contribution in [0.2, 0.25) is 0 Å². The average molecular weight is 307 g/mol. The van der Waals surface area contributed by atoms with Crippen LogP contribution in [-0.2, 0) is 0 Å². The summed E-state index contributed by atoms with van der Waals surface area (Å²) in [6.45, 7) is 1.81. The zero-order chi connectivity index (χ0) is 15.8. The molecule has 4 aromatic heterocycles. The number of H-pyrrole nitrogens is 2. The smallest absolute Gasteiger partial charge is 0.260 e. The Morgan fingerprint density at radius 1 is 1.26 bits per heavy atom. The van der Waals surface area contributed by atoms with Crippen LogP contribution in [0.3, 0.4) is 0 Å². The van der Waals surface area contributed by atoms with Gasteiger partial charge < -0.3 is 19.7 Å². The zero-order valence-electron chi connectivity index (χ0n) is 12.3. The molecular weight excluding hydrogens is 294 g/mol. The first kappa shape index (κ1) is 13.3. The number of pyridine rings is 2. The predicted molar refractivity (Wildman–Crippen MR) is 86.7 cm³/mol. The molecule has 0 aliphatic rings. The predicted octanol–water partition coefficient (Wildman–Crippen LogP) is 2.96. The van der Waals surface area contributed by atoms with Crippen molar-refractivity contribution in [2.75, 3.05) is 5.32 Å². The van der Waals surface area contributed by atoms with E-state index in [0.29, 0.717) is 11.5 Å². The van der Waals surface area contributed by atoms with E-state index in [4.69, 9.17) is 4.42 Å². The number of aromatic amines is 2. The Kier molecular flexibility index (Phi) is 2.97. The van der Waals surface area contributed by atoms with Crippen LogP contribution in [-0.4, -0.2) is 19.9 Å². The highest BCUT2D eigenvalue weighted by Gasteiger charge is 2.11. The molecule has 0 fully saturated rings. The Balaban J connectivity index is 1.75. The Morgan fingerprint density at radius 2 is 2.17 bits per heavy atom. The summed E-state index contributed by atoms with van der Waals surface area (Å²) in [6, 6.07) is 5.52. The van der Waals surface area contributed by atoms with E-state index in [0.717, 1.165) is 28.1 Å². The SMILES string of the molecule is Cc1coc(-c2cc(Nc3ccnc4[nH]ccc34)c[nH]c2=O)n1. The second kappa shape index (κ2) is 5.13. The second-order valence-electron chi connectivity index (χ2n) is 5.15. The first-order valence-corrected chi connectivity index (χ1v) is 7.05. The van der Waals surface area contributed by atoms with Crippen molar-refractivity contribution in [2.45, 2.75) is 6.92 Å². The zero-order valence-corrected chi connectivity index (χ0v) is 12.3. The second-order valence-corrected chi connectivity index (χ2v) is 5.15. The molecule has 4 heterocycles. The summed E-state index contributed by atoms with van der Waals surface area (Å²) in [7, 11) is 0. The minimum Gasteiger partial charge on any atom is -0.444 e. The number of fused-ring (bicyclic) bond motifs is 1. The van der Waals surface area contributed by atoms with Crippen LogP contribution in [0.25, 0.3) is 22.5 Å². The third kappa shape index (κ3) is 2.38. The van der Waals surface area contributed by atoms with Crippen molar-refractivity contribution in [3.8, 4) is 11.5 Å². The summed E-state index contributed by atoms with van der Waals surface area (Å²) in [5, 5.41) is 4.24. The molecule has 0 aliphatic carbocycles. The number of hydrogen-bond donors (Lipinski definition) is 3. The lowest BCUT2D eigenvalue weighted by Crippen LogP contribution is -2.09. The molecule has 0 radical (unpaired) electrons. The summed E-state index contributed by atoms with van der Waals surface area (Å²) < 4.78 is 5.32. The Bertz CT molecular complexity index is 1040. The maximum absolute atomic E-state index is 12.0. The molecule has 7 heteroatoms. The van der Waals surface area contributed by atoms with Crippen molar-refractivity contribution in [3.63, 3.8) is 0 Å². The van der Waals surface area contributed by atoms with Crippen molar-refractivity contribution >= 4 is 22.4 Å². The van der Waals surface area contributed by atoms with Gasteiger partial charge in [-0.2, -0.15) is 0 Å². The fourth-order valence-corrected chi connectivity index (χ4v) is 2.42. The number of rotatable bonds is 3. The van der Waals surface area contributed by atoms with Gasteiger partial charge in [-0.3, -0.25) is 4.79 Å². The van der Waals surface area contributed by atoms with Gasteiger partial charge in [-0.1, -0.05) is 0 Å². The molecule has 3 N–H and O–H groups in total. The van der Waals surface area contributed by atoms with E-state index >= 15 is 0 Å². The minimum absolute atomic E-state index is 0.251. The topological polar surface area (TPSA) is 99.6 Å². The lowest BCUT2D eigenvalue weighted by molar-refractivity contribution is 0.572. The van der Waals surface area contributed by atoms with Crippen LogP contribution in [0.4, 0.5) is 11.4 Å². The third-order valence-corrected chi connectivity index (χ3v) is 3.49. The average Bonchev–Trinajstić information content (AvgIpc) is 3.18. The van der Waals surface area contributed by atoms with Gasteiger partial charge >= 0.3 is 0 Å². The number of oxazole rings is 1. The summed E-state index contributed by atoms with van der Waals surface area (Å²) in [4.78, 5) is 26.2. The highest BCUT2D eigenvalue weighted by Crippen LogP contribution is 2.25. The van der Waals surface area contributed by atoms with E-state index in [1.807, 2.05) is 25.3 Å². The molecule has 114 valence electrons. The molecule has 7 nitrogen and oxygen atoms in total. The molecule has 23 heavy (non-hydrogen) atoms. The van der Waals surface area contributed by atoms with Crippen LogP contribution in [0.5, 0.6) is 0 Å². The van der Waals surface area contributed by atoms with Crippen LogP contribution >= 0.6 is 0 Å². The Hall–Kier alpha value is -3.35. The maximum Gasteiger partial charge on any atom is 0.260 e. The van der Waals surface area contributed by atoms with Gasteiger partial charge in [-0.25, -0.2) is 9.97 Å². The molecule has 0 saturated heterocycles. The van der Waals surface area contributed by atoms with E-state index in [-0.39, 0.29) is 5.56 Å². The quantitative estimate of drug-likeness (QED) is 0.540. The Morgan fingerprint density at radius 3 is 3.00 bits per heavy atom. The lowest BCUT2D eigenvalue weighted by atomic mass is 10.2.